The van der Waals surface area contributed by atoms with E-state index in [4.69, 9.17) is 4.18 Å². The first kappa shape index (κ1) is 18.3. The van der Waals surface area contributed by atoms with Crippen molar-refractivity contribution in [3.05, 3.63) is 42.5 Å². The van der Waals surface area contributed by atoms with Crippen LogP contribution in [-0.2, 0) is 14.3 Å². The molecule has 2 aromatic rings. The smallest absolute Gasteiger partial charge is 1.00 e. The summed E-state index contributed by atoms with van der Waals surface area (Å²) in [6, 6.07) is 12.6. The van der Waals surface area contributed by atoms with Crippen molar-refractivity contribution < 1.29 is 65.4 Å². The first-order chi connectivity index (χ1) is 9.15. The van der Waals surface area contributed by atoms with Gasteiger partial charge in [-0.15, -0.1) is 0 Å². The Hall–Kier alpha value is 0.246. The first-order valence-electron chi connectivity index (χ1n) is 6.52. The zero-order valence-electron chi connectivity index (χ0n) is 13.0. The van der Waals surface area contributed by atoms with Crippen molar-refractivity contribution in [3.8, 4) is 0 Å². The number of fused-ring (bicyclic) bond motifs is 1. The fraction of sp³-hybridized carbons (Fsp3) is 0.333. The van der Waals surface area contributed by atoms with Crippen LogP contribution < -0.4 is 51.4 Å². The fourth-order valence-corrected chi connectivity index (χ4v) is 3.16. The molecule has 0 atom stereocenters. The zero-order valence-corrected chi connectivity index (χ0v) is 15.9. The second-order valence-corrected chi connectivity index (χ2v) is 6.04. The van der Waals surface area contributed by atoms with Crippen molar-refractivity contribution in [2.24, 2.45) is 0 Å². The van der Waals surface area contributed by atoms with Crippen molar-refractivity contribution in [3.63, 3.8) is 0 Å². The van der Waals surface area contributed by atoms with Gasteiger partial charge >= 0.3 is 51.4 Å². The van der Waals surface area contributed by atoms with Gasteiger partial charge in [0.25, 0.3) is 10.1 Å². The third-order valence-electron chi connectivity index (χ3n) is 3.01. The Morgan fingerprint density at radius 1 is 1.05 bits per heavy atom. The standard InChI is InChI=1S/C15H18O3S.K.H/c1-2-3-6-12-18-19(16,17)15-11-7-9-13-8-4-5-10-14(13)15;;/h4-5,7-11H,2-3,6,12H2,1H3;;/q;+1;-1. The average molecular weight is 318 g/mol. The van der Waals surface area contributed by atoms with E-state index in [0.29, 0.717) is 5.39 Å². The summed E-state index contributed by atoms with van der Waals surface area (Å²) < 4.78 is 29.5. The van der Waals surface area contributed by atoms with Crippen molar-refractivity contribution in [2.75, 3.05) is 6.61 Å². The molecule has 0 spiro atoms. The number of hydrogen-bond donors (Lipinski definition) is 0. The van der Waals surface area contributed by atoms with Gasteiger partial charge in [-0.2, -0.15) is 8.42 Å². The molecular weight excluding hydrogens is 299 g/mol. The Balaban J connectivity index is 0.00000200. The van der Waals surface area contributed by atoms with Crippen LogP contribution in [0, 0.1) is 0 Å². The molecule has 5 heteroatoms. The molecule has 0 unspecified atom stereocenters. The van der Waals surface area contributed by atoms with E-state index in [-0.39, 0.29) is 64.3 Å². The van der Waals surface area contributed by atoms with Gasteiger partial charge in [0.2, 0.25) is 0 Å². The van der Waals surface area contributed by atoms with Crippen LogP contribution in [0.2, 0.25) is 0 Å². The quantitative estimate of drug-likeness (QED) is 0.451. The van der Waals surface area contributed by atoms with Gasteiger partial charge < -0.3 is 1.43 Å². The molecule has 104 valence electrons. The molecule has 0 saturated carbocycles. The van der Waals surface area contributed by atoms with Crippen LogP contribution in [0.25, 0.3) is 10.8 Å². The minimum absolute atomic E-state index is 0. The Morgan fingerprint density at radius 2 is 1.75 bits per heavy atom. The van der Waals surface area contributed by atoms with Gasteiger partial charge in [0.1, 0.15) is 4.90 Å². The Labute approximate surface area is 164 Å². The van der Waals surface area contributed by atoms with Crippen LogP contribution in [0.3, 0.4) is 0 Å². The van der Waals surface area contributed by atoms with Crippen molar-refractivity contribution in [1.82, 2.24) is 0 Å². The van der Waals surface area contributed by atoms with Gasteiger partial charge in [-0.05, 0) is 17.9 Å². The van der Waals surface area contributed by atoms with Gasteiger partial charge in [0.05, 0.1) is 6.61 Å². The first-order valence-corrected chi connectivity index (χ1v) is 7.93. The van der Waals surface area contributed by atoms with Crippen LogP contribution in [0.5, 0.6) is 0 Å². The van der Waals surface area contributed by atoms with Gasteiger partial charge in [0.15, 0.2) is 0 Å². The number of rotatable bonds is 6. The second-order valence-electron chi connectivity index (χ2n) is 4.46. The second kappa shape index (κ2) is 8.63. The minimum atomic E-state index is -3.67. The summed E-state index contributed by atoms with van der Waals surface area (Å²) >= 11 is 0. The van der Waals surface area contributed by atoms with Crippen molar-refractivity contribution >= 4 is 20.9 Å². The van der Waals surface area contributed by atoms with Crippen molar-refractivity contribution in [2.45, 2.75) is 31.1 Å². The molecule has 0 amide bonds. The molecule has 3 nitrogen and oxygen atoms in total. The Bertz CT molecular complexity index is 654. The predicted octanol–water partition coefficient (Wildman–Crippen LogP) is 0.852. The monoisotopic (exact) mass is 318 g/mol. The molecule has 0 radical (unpaired) electrons. The van der Waals surface area contributed by atoms with Crippen LogP contribution in [-0.4, -0.2) is 15.0 Å². The zero-order chi connectivity index (χ0) is 13.7. The molecule has 0 fully saturated rings. The van der Waals surface area contributed by atoms with E-state index in [1.807, 2.05) is 24.3 Å². The summed E-state index contributed by atoms with van der Waals surface area (Å²) in [6.45, 7) is 2.32. The van der Waals surface area contributed by atoms with E-state index in [2.05, 4.69) is 6.92 Å². The van der Waals surface area contributed by atoms with Crippen LogP contribution >= 0.6 is 0 Å². The van der Waals surface area contributed by atoms with Gasteiger partial charge in [0, 0.05) is 5.39 Å². The molecule has 2 aromatic carbocycles. The number of benzene rings is 2. The molecule has 0 N–H and O–H groups in total. The van der Waals surface area contributed by atoms with E-state index < -0.39 is 10.1 Å². The van der Waals surface area contributed by atoms with Gasteiger partial charge in [-0.25, -0.2) is 0 Å². The molecule has 0 aliphatic heterocycles. The van der Waals surface area contributed by atoms with Gasteiger partial charge in [-0.1, -0.05) is 56.2 Å². The Kier molecular flexibility index (Phi) is 7.90. The average Bonchev–Trinajstić information content (AvgIpc) is 2.43. The molecule has 0 aliphatic rings. The normalized spacial score (nSPS) is 11.2. The summed E-state index contributed by atoms with van der Waals surface area (Å²) in [4.78, 5) is 0.252. The predicted molar refractivity (Wildman–Crippen MR) is 77.7 cm³/mol. The summed E-state index contributed by atoms with van der Waals surface area (Å²) in [6.07, 6.45) is 2.78. The molecule has 0 aliphatic carbocycles. The van der Waals surface area contributed by atoms with Crippen molar-refractivity contribution in [1.29, 1.82) is 0 Å². The molecule has 0 heterocycles. The SMILES string of the molecule is CCCCCOS(=O)(=O)c1cccc2ccccc12.[H-].[K+]. The summed E-state index contributed by atoms with van der Waals surface area (Å²) in [5.41, 5.74) is 0. The van der Waals surface area contributed by atoms with E-state index in [9.17, 15) is 8.42 Å². The van der Waals surface area contributed by atoms with Crippen LogP contribution in [0.15, 0.2) is 47.4 Å². The topological polar surface area (TPSA) is 43.4 Å². The maximum Gasteiger partial charge on any atom is 1.00 e. The maximum absolute atomic E-state index is 12.2. The van der Waals surface area contributed by atoms with E-state index in [1.165, 1.54) is 0 Å². The molecule has 0 bridgehead atoms. The Morgan fingerprint density at radius 3 is 2.50 bits per heavy atom. The largest absolute Gasteiger partial charge is 1.00 e. The number of unbranched alkanes of at least 4 members (excludes halogenated alkanes) is 2. The summed E-state index contributed by atoms with van der Waals surface area (Å²) in [5, 5.41) is 1.61. The van der Waals surface area contributed by atoms with Crippen LogP contribution in [0.4, 0.5) is 0 Å². The molecular formula is C15H19KO3S. The van der Waals surface area contributed by atoms with Gasteiger partial charge in [-0.3, -0.25) is 4.18 Å². The molecule has 20 heavy (non-hydrogen) atoms. The maximum atomic E-state index is 12.2. The molecule has 0 aromatic heterocycles. The third-order valence-corrected chi connectivity index (χ3v) is 4.38. The molecule has 0 saturated heterocycles. The van der Waals surface area contributed by atoms with E-state index in [0.717, 1.165) is 24.6 Å². The summed E-state index contributed by atoms with van der Waals surface area (Å²) in [5.74, 6) is 0. The minimum Gasteiger partial charge on any atom is -1.00 e. The molecule has 2 rings (SSSR count). The summed E-state index contributed by atoms with van der Waals surface area (Å²) in [7, 11) is -3.67. The number of hydrogen-bond acceptors (Lipinski definition) is 3. The fourth-order valence-electron chi connectivity index (χ4n) is 2.00. The van der Waals surface area contributed by atoms with E-state index in [1.54, 1.807) is 18.2 Å². The third kappa shape index (κ3) is 4.63. The van der Waals surface area contributed by atoms with E-state index >= 15 is 0 Å². The van der Waals surface area contributed by atoms with Crippen LogP contribution in [0.1, 0.15) is 27.6 Å².